The summed E-state index contributed by atoms with van der Waals surface area (Å²) in [7, 11) is -3.53. The zero-order chi connectivity index (χ0) is 13.2. The van der Waals surface area contributed by atoms with E-state index in [0.717, 1.165) is 37.8 Å². The maximum atomic E-state index is 12.7. The number of benzene rings is 1. The van der Waals surface area contributed by atoms with E-state index in [2.05, 4.69) is 0 Å². The van der Waals surface area contributed by atoms with Gasteiger partial charge in [-0.2, -0.15) is 0 Å². The zero-order valence-electron chi connectivity index (χ0n) is 10.0. The summed E-state index contributed by atoms with van der Waals surface area (Å²) in [5, 5.41) is 9.95. The fourth-order valence-electron chi connectivity index (χ4n) is 2.44. The van der Waals surface area contributed by atoms with Gasteiger partial charge in [-0.25, -0.2) is 12.8 Å². The van der Waals surface area contributed by atoms with Gasteiger partial charge in [-0.15, -0.1) is 0 Å². The second-order valence-electron chi connectivity index (χ2n) is 4.85. The Kier molecular flexibility index (Phi) is 4.02. The molecule has 1 N–H and O–H groups in total. The number of sulfone groups is 1. The summed E-state index contributed by atoms with van der Waals surface area (Å²) in [4.78, 5) is 0.0703. The SMILES string of the molecule is O=S(=O)(CC(O)C1CCCC1)c1ccc(F)cc1. The fraction of sp³-hybridized carbons (Fsp3) is 0.538. The molecule has 1 aliphatic carbocycles. The molecule has 2 rings (SSSR count). The molecular formula is C13H17FO3S. The van der Waals surface area contributed by atoms with Gasteiger partial charge in [0.25, 0.3) is 0 Å². The van der Waals surface area contributed by atoms with Gasteiger partial charge in [0, 0.05) is 0 Å². The third kappa shape index (κ3) is 3.09. The highest BCUT2D eigenvalue weighted by Crippen LogP contribution is 2.29. The molecule has 0 saturated heterocycles. The highest BCUT2D eigenvalue weighted by atomic mass is 32.2. The molecule has 0 spiro atoms. The Bertz CT molecular complexity index is 489. The maximum absolute atomic E-state index is 12.7. The first kappa shape index (κ1) is 13.5. The molecule has 1 fully saturated rings. The molecule has 5 heteroatoms. The van der Waals surface area contributed by atoms with Crippen LogP contribution >= 0.6 is 0 Å². The predicted molar refractivity (Wildman–Crippen MR) is 66.4 cm³/mol. The lowest BCUT2D eigenvalue weighted by Gasteiger charge is -2.17. The van der Waals surface area contributed by atoms with Crippen LogP contribution in [0.4, 0.5) is 4.39 Å². The van der Waals surface area contributed by atoms with E-state index in [9.17, 15) is 17.9 Å². The van der Waals surface area contributed by atoms with E-state index in [1.807, 2.05) is 0 Å². The van der Waals surface area contributed by atoms with Crippen LogP contribution in [0.15, 0.2) is 29.2 Å². The Hall–Kier alpha value is -0.940. The van der Waals surface area contributed by atoms with Gasteiger partial charge in [0.1, 0.15) is 5.82 Å². The topological polar surface area (TPSA) is 54.4 Å². The number of aliphatic hydroxyl groups is 1. The van der Waals surface area contributed by atoms with Crippen molar-refractivity contribution < 1.29 is 17.9 Å². The molecule has 1 aromatic rings. The number of rotatable bonds is 4. The molecule has 1 unspecified atom stereocenters. The van der Waals surface area contributed by atoms with Crippen molar-refractivity contribution in [1.29, 1.82) is 0 Å². The molecule has 0 bridgehead atoms. The largest absolute Gasteiger partial charge is 0.392 e. The van der Waals surface area contributed by atoms with E-state index < -0.39 is 21.8 Å². The summed E-state index contributed by atoms with van der Waals surface area (Å²) in [6.45, 7) is 0. The third-order valence-corrected chi connectivity index (χ3v) is 5.28. The molecule has 1 aromatic carbocycles. The molecule has 1 atom stereocenters. The van der Waals surface area contributed by atoms with Gasteiger partial charge in [0.2, 0.25) is 0 Å². The summed E-state index contributed by atoms with van der Waals surface area (Å²) in [5.74, 6) is -0.658. The Balaban J connectivity index is 2.09. The van der Waals surface area contributed by atoms with Crippen LogP contribution < -0.4 is 0 Å². The van der Waals surface area contributed by atoms with Crippen LogP contribution in [-0.4, -0.2) is 25.4 Å². The van der Waals surface area contributed by atoms with Crippen molar-refractivity contribution >= 4 is 9.84 Å². The van der Waals surface area contributed by atoms with Crippen molar-refractivity contribution in [2.45, 2.75) is 36.7 Å². The van der Waals surface area contributed by atoms with Crippen LogP contribution in [0.1, 0.15) is 25.7 Å². The minimum atomic E-state index is -3.53. The molecule has 3 nitrogen and oxygen atoms in total. The van der Waals surface area contributed by atoms with Gasteiger partial charge in [-0.3, -0.25) is 0 Å². The summed E-state index contributed by atoms with van der Waals surface area (Å²) in [6, 6.07) is 4.72. The van der Waals surface area contributed by atoms with E-state index in [-0.39, 0.29) is 16.6 Å². The molecule has 100 valence electrons. The minimum Gasteiger partial charge on any atom is -0.392 e. The molecular weight excluding hydrogens is 255 g/mol. The average Bonchev–Trinajstić information content (AvgIpc) is 2.82. The predicted octanol–water partition coefficient (Wildman–Crippen LogP) is 2.15. The monoisotopic (exact) mass is 272 g/mol. The Morgan fingerprint density at radius 1 is 1.22 bits per heavy atom. The molecule has 0 aliphatic heterocycles. The second-order valence-corrected chi connectivity index (χ2v) is 6.88. The van der Waals surface area contributed by atoms with Gasteiger partial charge in [-0.05, 0) is 43.0 Å². The van der Waals surface area contributed by atoms with Crippen molar-refractivity contribution in [3.8, 4) is 0 Å². The highest BCUT2D eigenvalue weighted by molar-refractivity contribution is 7.91. The Morgan fingerprint density at radius 2 is 1.78 bits per heavy atom. The molecule has 0 aromatic heterocycles. The van der Waals surface area contributed by atoms with E-state index in [0.29, 0.717) is 0 Å². The van der Waals surface area contributed by atoms with Crippen molar-refractivity contribution in [1.82, 2.24) is 0 Å². The quantitative estimate of drug-likeness (QED) is 0.854. The number of aliphatic hydroxyl groups excluding tert-OH is 1. The molecule has 18 heavy (non-hydrogen) atoms. The zero-order valence-corrected chi connectivity index (χ0v) is 10.9. The minimum absolute atomic E-state index is 0.0703. The molecule has 0 radical (unpaired) electrons. The summed E-state index contributed by atoms with van der Waals surface area (Å²) in [6.07, 6.45) is 3.07. The summed E-state index contributed by atoms with van der Waals surface area (Å²) >= 11 is 0. The summed E-state index contributed by atoms with van der Waals surface area (Å²) in [5.41, 5.74) is 0. The third-order valence-electron chi connectivity index (χ3n) is 3.51. The van der Waals surface area contributed by atoms with Crippen molar-refractivity contribution in [2.24, 2.45) is 5.92 Å². The molecule has 1 saturated carbocycles. The first-order valence-electron chi connectivity index (χ1n) is 6.15. The standard InChI is InChI=1S/C13H17FO3S/c14-11-5-7-12(8-6-11)18(16,17)9-13(15)10-3-1-2-4-10/h5-8,10,13,15H,1-4,9H2. The lowest BCUT2D eigenvalue weighted by Crippen LogP contribution is -2.27. The van der Waals surface area contributed by atoms with Crippen LogP contribution in [0.5, 0.6) is 0 Å². The van der Waals surface area contributed by atoms with Gasteiger partial charge in [-0.1, -0.05) is 12.8 Å². The Labute approximate surface area is 107 Å². The van der Waals surface area contributed by atoms with Crippen LogP contribution in [0, 0.1) is 11.7 Å². The fourth-order valence-corrected chi connectivity index (χ4v) is 3.91. The number of halogens is 1. The lowest BCUT2D eigenvalue weighted by atomic mass is 10.0. The van der Waals surface area contributed by atoms with E-state index in [4.69, 9.17) is 0 Å². The van der Waals surface area contributed by atoms with Crippen LogP contribution in [0.25, 0.3) is 0 Å². The Morgan fingerprint density at radius 3 is 2.33 bits per heavy atom. The number of hydrogen-bond acceptors (Lipinski definition) is 3. The van der Waals surface area contributed by atoms with Gasteiger partial charge < -0.3 is 5.11 Å². The van der Waals surface area contributed by atoms with Gasteiger partial charge in [0.05, 0.1) is 16.8 Å². The van der Waals surface area contributed by atoms with Gasteiger partial charge in [0.15, 0.2) is 9.84 Å². The maximum Gasteiger partial charge on any atom is 0.180 e. The van der Waals surface area contributed by atoms with Gasteiger partial charge >= 0.3 is 0 Å². The lowest BCUT2D eigenvalue weighted by molar-refractivity contribution is 0.131. The number of hydrogen-bond donors (Lipinski definition) is 1. The first-order chi connectivity index (χ1) is 8.49. The molecule has 0 amide bonds. The van der Waals surface area contributed by atoms with Crippen LogP contribution in [0.3, 0.4) is 0 Å². The van der Waals surface area contributed by atoms with Crippen LogP contribution in [-0.2, 0) is 9.84 Å². The highest BCUT2D eigenvalue weighted by Gasteiger charge is 2.28. The second kappa shape index (κ2) is 5.36. The van der Waals surface area contributed by atoms with E-state index in [1.165, 1.54) is 12.1 Å². The molecule has 1 aliphatic rings. The van der Waals surface area contributed by atoms with Crippen molar-refractivity contribution in [2.75, 3.05) is 5.75 Å². The smallest absolute Gasteiger partial charge is 0.180 e. The van der Waals surface area contributed by atoms with Crippen LogP contribution in [0.2, 0.25) is 0 Å². The average molecular weight is 272 g/mol. The summed E-state index contributed by atoms with van der Waals surface area (Å²) < 4.78 is 36.8. The van der Waals surface area contributed by atoms with Crippen molar-refractivity contribution in [3.05, 3.63) is 30.1 Å². The normalized spacial score (nSPS) is 19.0. The molecule has 0 heterocycles. The first-order valence-corrected chi connectivity index (χ1v) is 7.81. The van der Waals surface area contributed by atoms with E-state index >= 15 is 0 Å². The van der Waals surface area contributed by atoms with Crippen molar-refractivity contribution in [3.63, 3.8) is 0 Å². The van der Waals surface area contributed by atoms with E-state index in [1.54, 1.807) is 0 Å².